The van der Waals surface area contributed by atoms with Crippen LogP contribution in [-0.2, 0) is 10.0 Å². The Morgan fingerprint density at radius 2 is 2.12 bits per heavy atom. The molecule has 0 unspecified atom stereocenters. The predicted molar refractivity (Wildman–Crippen MR) is 109 cm³/mol. The van der Waals surface area contributed by atoms with Crippen LogP contribution in [0.4, 0.5) is 0 Å². The number of fused-ring (bicyclic) bond motifs is 3. The first-order valence-electron chi connectivity index (χ1n) is 8.59. The second kappa shape index (κ2) is 6.05. The van der Waals surface area contributed by atoms with Crippen molar-refractivity contribution in [3.05, 3.63) is 29.4 Å². The Morgan fingerprint density at radius 3 is 2.88 bits per heavy atom. The molecule has 0 amide bonds. The van der Waals surface area contributed by atoms with E-state index in [1.165, 1.54) is 0 Å². The third-order valence-electron chi connectivity index (χ3n) is 5.27. The van der Waals surface area contributed by atoms with Crippen LogP contribution >= 0.6 is 34.2 Å². The second-order valence-corrected chi connectivity index (χ2v) is 11.1. The van der Waals surface area contributed by atoms with E-state index >= 15 is 0 Å². The molecule has 0 saturated heterocycles. The van der Waals surface area contributed by atoms with E-state index in [9.17, 15) is 8.42 Å². The minimum Gasteiger partial charge on any atom is -0.345 e. The van der Waals surface area contributed by atoms with Crippen LogP contribution in [0.1, 0.15) is 37.4 Å². The van der Waals surface area contributed by atoms with Gasteiger partial charge in [0, 0.05) is 22.1 Å². The van der Waals surface area contributed by atoms with Crippen molar-refractivity contribution in [2.24, 2.45) is 0 Å². The fourth-order valence-corrected chi connectivity index (χ4v) is 6.91. The molecule has 3 aromatic rings. The number of nitrogens with one attached hydrogen (secondary N) is 2. The molecule has 2 aliphatic rings. The van der Waals surface area contributed by atoms with Crippen molar-refractivity contribution in [1.29, 1.82) is 0 Å². The standard InChI is InChI=1S/C16H17ClIN5O2S/c17-14-13-7-20-15-12(3-4-19-15)23(13)16(21-14)10-5-8(6-11(10)18)22-26(24,25)9-1-2-9/h3-4,7-11,19,22H,1-2,5-6H2/t8-,10+,11-/m1/s1. The van der Waals surface area contributed by atoms with Gasteiger partial charge in [0.05, 0.1) is 17.0 Å². The molecule has 0 aromatic carbocycles. The quantitative estimate of drug-likeness (QED) is 0.421. The molecule has 3 aromatic heterocycles. The average Bonchev–Trinajstić information content (AvgIpc) is 3.13. The molecule has 0 spiro atoms. The summed E-state index contributed by atoms with van der Waals surface area (Å²) in [5.74, 6) is 1.01. The molecular weight excluding hydrogens is 489 g/mol. The molecule has 2 aliphatic carbocycles. The van der Waals surface area contributed by atoms with Crippen LogP contribution in [0.15, 0.2) is 18.5 Å². The summed E-state index contributed by atoms with van der Waals surface area (Å²) < 4.78 is 29.8. The summed E-state index contributed by atoms with van der Waals surface area (Å²) in [4.78, 5) is 12.1. The molecule has 2 N–H and O–H groups in total. The molecule has 7 nitrogen and oxygen atoms in total. The molecule has 10 heteroatoms. The summed E-state index contributed by atoms with van der Waals surface area (Å²) in [6, 6.07) is 1.91. The zero-order valence-corrected chi connectivity index (χ0v) is 17.4. The highest BCUT2D eigenvalue weighted by atomic mass is 127. The highest BCUT2D eigenvalue weighted by Gasteiger charge is 2.42. The van der Waals surface area contributed by atoms with Crippen LogP contribution in [0, 0.1) is 0 Å². The van der Waals surface area contributed by atoms with Crippen molar-refractivity contribution in [2.75, 3.05) is 0 Å². The molecule has 26 heavy (non-hydrogen) atoms. The lowest BCUT2D eigenvalue weighted by Crippen LogP contribution is -2.35. The molecule has 0 radical (unpaired) electrons. The summed E-state index contributed by atoms with van der Waals surface area (Å²) >= 11 is 8.77. The average molecular weight is 506 g/mol. The number of imidazole rings is 1. The number of halogens is 2. The van der Waals surface area contributed by atoms with E-state index in [0.29, 0.717) is 5.15 Å². The minimum atomic E-state index is -3.18. The third-order valence-corrected chi connectivity index (χ3v) is 8.93. The lowest BCUT2D eigenvalue weighted by atomic mass is 10.1. The van der Waals surface area contributed by atoms with Gasteiger partial charge < -0.3 is 4.98 Å². The smallest absolute Gasteiger partial charge is 0.214 e. The molecule has 2 saturated carbocycles. The van der Waals surface area contributed by atoms with Crippen molar-refractivity contribution < 1.29 is 8.42 Å². The van der Waals surface area contributed by atoms with E-state index in [1.54, 1.807) is 6.20 Å². The molecule has 2 fully saturated rings. The molecular formula is C16H17ClIN5O2S. The Morgan fingerprint density at radius 1 is 1.31 bits per heavy atom. The third kappa shape index (κ3) is 2.74. The fraction of sp³-hybridized carbons (Fsp3) is 0.500. The molecule has 0 bridgehead atoms. The van der Waals surface area contributed by atoms with Gasteiger partial charge in [0.15, 0.2) is 10.8 Å². The molecule has 5 rings (SSSR count). The lowest BCUT2D eigenvalue weighted by Gasteiger charge is -2.14. The fourth-order valence-electron chi connectivity index (χ4n) is 3.86. The molecule has 3 heterocycles. The van der Waals surface area contributed by atoms with Crippen LogP contribution in [0.5, 0.6) is 0 Å². The largest absolute Gasteiger partial charge is 0.345 e. The number of alkyl halides is 1. The van der Waals surface area contributed by atoms with Crippen LogP contribution in [0.3, 0.4) is 0 Å². The first-order chi connectivity index (χ1) is 12.4. The SMILES string of the molecule is O=S(=O)(N[C@H]1C[C@@H](I)[C@@H](c2nc(Cl)c3cnc4[nH]ccc4n23)C1)C1CC1. The monoisotopic (exact) mass is 505 g/mol. The van der Waals surface area contributed by atoms with E-state index in [4.69, 9.17) is 11.6 Å². The summed E-state index contributed by atoms with van der Waals surface area (Å²) in [6.45, 7) is 0. The predicted octanol–water partition coefficient (Wildman–Crippen LogP) is 3.00. The van der Waals surface area contributed by atoms with Gasteiger partial charge in [-0.25, -0.2) is 23.1 Å². The Kier molecular flexibility index (Phi) is 4.00. The van der Waals surface area contributed by atoms with Gasteiger partial charge in [-0.05, 0) is 31.7 Å². The van der Waals surface area contributed by atoms with Crippen molar-refractivity contribution in [3.8, 4) is 0 Å². The number of aromatic amines is 1. The minimum absolute atomic E-state index is 0.0535. The van der Waals surface area contributed by atoms with Crippen LogP contribution in [0.2, 0.25) is 5.15 Å². The molecule has 0 aliphatic heterocycles. The maximum Gasteiger partial charge on any atom is 0.214 e. The van der Waals surface area contributed by atoms with E-state index in [2.05, 4.69) is 46.7 Å². The van der Waals surface area contributed by atoms with Crippen molar-refractivity contribution in [2.45, 2.75) is 46.8 Å². The second-order valence-electron chi connectivity index (χ2n) is 7.10. The number of hydrogen-bond acceptors (Lipinski definition) is 4. The van der Waals surface area contributed by atoms with Crippen LogP contribution < -0.4 is 4.72 Å². The van der Waals surface area contributed by atoms with Gasteiger partial charge in [0.25, 0.3) is 0 Å². The zero-order chi connectivity index (χ0) is 18.1. The van der Waals surface area contributed by atoms with Crippen molar-refractivity contribution in [3.63, 3.8) is 0 Å². The van der Waals surface area contributed by atoms with Crippen molar-refractivity contribution >= 4 is 60.9 Å². The lowest BCUT2D eigenvalue weighted by molar-refractivity contribution is 0.546. The Balaban J connectivity index is 1.52. The number of H-pyrrole nitrogens is 1. The highest BCUT2D eigenvalue weighted by molar-refractivity contribution is 14.1. The summed E-state index contributed by atoms with van der Waals surface area (Å²) in [5, 5.41) is 0.239. The maximum absolute atomic E-state index is 12.3. The number of hydrogen-bond donors (Lipinski definition) is 2. The van der Waals surface area contributed by atoms with Gasteiger partial charge in [-0.15, -0.1) is 0 Å². The highest BCUT2D eigenvalue weighted by Crippen LogP contribution is 2.42. The number of sulfonamides is 1. The number of rotatable bonds is 4. The Hall–Kier alpha value is -0.910. The normalized spacial score (nSPS) is 26.9. The van der Waals surface area contributed by atoms with Gasteiger partial charge in [-0.2, -0.15) is 0 Å². The summed E-state index contributed by atoms with van der Waals surface area (Å²) in [7, 11) is -3.18. The first-order valence-corrected chi connectivity index (χ1v) is 11.8. The van der Waals surface area contributed by atoms with Gasteiger partial charge in [-0.1, -0.05) is 34.2 Å². The van der Waals surface area contributed by atoms with E-state index in [1.807, 2.05) is 12.3 Å². The topological polar surface area (TPSA) is 92.2 Å². The summed E-state index contributed by atoms with van der Waals surface area (Å²) in [5.41, 5.74) is 2.49. The molecule has 138 valence electrons. The van der Waals surface area contributed by atoms with E-state index < -0.39 is 10.0 Å². The number of aromatic nitrogens is 4. The van der Waals surface area contributed by atoms with E-state index in [-0.39, 0.29) is 21.1 Å². The number of nitrogens with zero attached hydrogens (tertiary/aromatic N) is 3. The van der Waals surface area contributed by atoms with Gasteiger partial charge in [0.2, 0.25) is 10.0 Å². The molecule has 3 atom stereocenters. The van der Waals surface area contributed by atoms with E-state index in [0.717, 1.165) is 48.2 Å². The van der Waals surface area contributed by atoms with Crippen LogP contribution in [0.25, 0.3) is 16.7 Å². The Labute approximate surface area is 169 Å². The summed E-state index contributed by atoms with van der Waals surface area (Å²) in [6.07, 6.45) is 6.64. The zero-order valence-electron chi connectivity index (χ0n) is 13.7. The Bertz CT molecular complexity index is 1110. The maximum atomic E-state index is 12.3. The van der Waals surface area contributed by atoms with Crippen LogP contribution in [-0.4, -0.2) is 43.0 Å². The van der Waals surface area contributed by atoms with Gasteiger partial charge in [0.1, 0.15) is 11.3 Å². The van der Waals surface area contributed by atoms with Gasteiger partial charge >= 0.3 is 0 Å². The first kappa shape index (κ1) is 17.2. The van der Waals surface area contributed by atoms with Gasteiger partial charge in [-0.3, -0.25) is 4.40 Å². The van der Waals surface area contributed by atoms with Crippen molar-refractivity contribution in [1.82, 2.24) is 24.1 Å².